The molecule has 1 aliphatic heterocycles. The van der Waals surface area contributed by atoms with Crippen LogP contribution in [0.25, 0.3) is 11.2 Å². The molecule has 1 saturated heterocycles. The molecule has 2 aromatic heterocycles. The van der Waals surface area contributed by atoms with Crippen molar-refractivity contribution in [3.63, 3.8) is 0 Å². The molecule has 21 heteroatoms. The van der Waals surface area contributed by atoms with Gasteiger partial charge in [-0.05, 0) is 6.42 Å². The van der Waals surface area contributed by atoms with Crippen LogP contribution in [0.15, 0.2) is 12.7 Å². The van der Waals surface area contributed by atoms with Crippen molar-refractivity contribution in [3.8, 4) is 0 Å². The summed E-state index contributed by atoms with van der Waals surface area (Å²) in [5.74, 6) is 0.444. The highest BCUT2D eigenvalue weighted by Crippen LogP contribution is 2.61. The predicted molar refractivity (Wildman–Crippen MR) is 126 cm³/mol. The summed E-state index contributed by atoms with van der Waals surface area (Å²) in [6, 6.07) is 0. The Labute approximate surface area is 222 Å². The Balaban J connectivity index is 1.62. The Morgan fingerprint density at radius 1 is 1.00 bits per heavy atom. The maximum atomic E-state index is 11.8. The fraction of sp³-hybridized carbons (Fsp3) is 0.722. The van der Waals surface area contributed by atoms with Crippen molar-refractivity contribution in [3.05, 3.63) is 12.7 Å². The summed E-state index contributed by atoms with van der Waals surface area (Å²) < 4.78 is 51.5. The summed E-state index contributed by atoms with van der Waals surface area (Å²) >= 11 is 0. The van der Waals surface area contributed by atoms with Gasteiger partial charge in [-0.1, -0.05) is 39.0 Å². The maximum Gasteiger partial charge on any atom is 0.280 e. The first-order valence-corrected chi connectivity index (χ1v) is 16.3. The van der Waals surface area contributed by atoms with Gasteiger partial charge in [-0.25, -0.2) is 23.6 Å². The molecule has 4 N–H and O–H groups in total. The van der Waals surface area contributed by atoms with E-state index >= 15 is 0 Å². The Morgan fingerprint density at radius 3 is 2.38 bits per heavy atom. The average molecular weight is 616 g/mol. The Kier molecular flexibility index (Phi) is 11.2. The number of rotatable bonds is 16. The summed E-state index contributed by atoms with van der Waals surface area (Å²) in [6.07, 6.45) is 3.06. The molecular weight excluding hydrogens is 587 g/mol. The van der Waals surface area contributed by atoms with E-state index in [1.54, 1.807) is 0 Å². The molecule has 0 aliphatic carbocycles. The molecule has 39 heavy (non-hydrogen) atoms. The normalized spacial score (nSPS) is 26.2. The van der Waals surface area contributed by atoms with E-state index in [1.165, 1.54) is 30.1 Å². The van der Waals surface area contributed by atoms with Gasteiger partial charge in [0.2, 0.25) is 0 Å². The highest BCUT2D eigenvalue weighted by molar-refractivity contribution is 7.65. The van der Waals surface area contributed by atoms with Crippen LogP contribution in [-0.2, 0) is 31.6 Å². The lowest BCUT2D eigenvalue weighted by atomic mass is 10.1. The molecule has 0 amide bonds. The third kappa shape index (κ3) is 9.33. The smallest absolute Gasteiger partial charge is 0.280 e. The van der Waals surface area contributed by atoms with E-state index in [2.05, 4.69) is 40.3 Å². The van der Waals surface area contributed by atoms with Crippen LogP contribution in [0, 0.1) is 0 Å². The van der Waals surface area contributed by atoms with Crippen LogP contribution in [-0.4, -0.2) is 66.1 Å². The lowest BCUT2D eigenvalue weighted by Gasteiger charge is -2.33. The molecule has 1 fully saturated rings. The van der Waals surface area contributed by atoms with Gasteiger partial charge in [-0.3, -0.25) is 18.3 Å². The number of aromatic nitrogens is 4. The van der Waals surface area contributed by atoms with Crippen LogP contribution in [0.1, 0.15) is 51.7 Å². The van der Waals surface area contributed by atoms with Crippen molar-refractivity contribution in [2.45, 2.75) is 70.0 Å². The van der Waals surface area contributed by atoms with Gasteiger partial charge in [0, 0.05) is 6.54 Å². The number of ether oxygens (including phenoxy) is 1. The zero-order valence-corrected chi connectivity index (χ0v) is 23.4. The fourth-order valence-electron chi connectivity index (χ4n) is 3.83. The third-order valence-electron chi connectivity index (χ3n) is 5.59. The standard InChI is InChI=1S/C18H32N5O13P3/c1-2-3-4-5-6-7-8-19-16-13-17(21-10-20-16)23(11-22-13)18-15(25)14(24)12(34-18)9-33-38(29,30)36-39(31,32)35-37(26,27)28/h10-12,14-15,18,24-25H,2-9H2,1H3,(H,29,30)(H,31,32)(H,19,20,21)(H2,26,27,28)/p-3/t12-,14?,15+,18-/m1/s1. The number of imidazole rings is 1. The average Bonchev–Trinajstić information content (AvgIpc) is 3.36. The molecule has 222 valence electrons. The minimum Gasteiger partial charge on any atom is -0.756 e. The number of aliphatic hydroxyl groups is 2. The lowest BCUT2D eigenvalue weighted by molar-refractivity contribution is -0.250. The van der Waals surface area contributed by atoms with Crippen molar-refractivity contribution >= 4 is 40.4 Å². The third-order valence-corrected chi connectivity index (χ3v) is 9.28. The lowest BCUT2D eigenvalue weighted by Crippen LogP contribution is -2.34. The molecule has 0 saturated carbocycles. The molecular formula is C18H29N5O13P3-3. The quantitative estimate of drug-likeness (QED) is 0.139. The highest BCUT2D eigenvalue weighted by Gasteiger charge is 2.45. The van der Waals surface area contributed by atoms with Gasteiger partial charge in [0.25, 0.3) is 23.5 Å². The van der Waals surface area contributed by atoms with E-state index in [4.69, 9.17) is 9.63 Å². The van der Waals surface area contributed by atoms with E-state index in [0.717, 1.165) is 25.7 Å². The zero-order chi connectivity index (χ0) is 28.8. The van der Waals surface area contributed by atoms with Crippen LogP contribution in [0.4, 0.5) is 5.82 Å². The van der Waals surface area contributed by atoms with Gasteiger partial charge in [0.1, 0.15) is 24.6 Å². The van der Waals surface area contributed by atoms with E-state index in [1.807, 2.05) is 0 Å². The first-order valence-electron chi connectivity index (χ1n) is 11.9. The molecule has 4 unspecified atom stereocenters. The summed E-state index contributed by atoms with van der Waals surface area (Å²) in [6.45, 7) is 1.75. The number of unbranched alkanes of at least 4 members (excludes halogenated alkanes) is 5. The van der Waals surface area contributed by atoms with Gasteiger partial charge in [0.15, 0.2) is 23.2 Å². The summed E-state index contributed by atoms with van der Waals surface area (Å²) in [4.78, 5) is 54.6. The number of hydrogen-bond donors (Lipinski definition) is 4. The number of anilines is 1. The number of nitrogens with one attached hydrogen (secondary N) is 1. The van der Waals surface area contributed by atoms with Crippen LogP contribution in [0.3, 0.4) is 0 Å². The second-order valence-electron chi connectivity index (χ2n) is 8.61. The Hall–Kier alpha value is -1.36. The minimum absolute atomic E-state index is 0.238. The first-order chi connectivity index (χ1) is 18.2. The molecule has 3 heterocycles. The van der Waals surface area contributed by atoms with Crippen LogP contribution < -0.4 is 20.0 Å². The zero-order valence-electron chi connectivity index (χ0n) is 20.7. The van der Waals surface area contributed by atoms with Crippen molar-refractivity contribution < 1.29 is 61.4 Å². The summed E-state index contributed by atoms with van der Waals surface area (Å²) in [7, 11) is -17.8. The summed E-state index contributed by atoms with van der Waals surface area (Å²) in [5, 5.41) is 24.0. The first kappa shape index (κ1) is 32.2. The van der Waals surface area contributed by atoms with Gasteiger partial charge in [-0.2, -0.15) is 0 Å². The number of nitrogens with zero attached hydrogens (tertiary/aromatic N) is 4. The van der Waals surface area contributed by atoms with Crippen LogP contribution >= 0.6 is 23.5 Å². The Bertz CT molecular complexity index is 1240. The van der Waals surface area contributed by atoms with Crippen molar-refractivity contribution in [1.82, 2.24) is 19.5 Å². The molecule has 0 aromatic carbocycles. The topological polar surface area (TPSA) is 274 Å². The molecule has 2 aromatic rings. The van der Waals surface area contributed by atoms with E-state index < -0.39 is 54.6 Å². The minimum atomic E-state index is -6.09. The number of hydrogen-bond acceptors (Lipinski definition) is 16. The van der Waals surface area contributed by atoms with Gasteiger partial charge in [-0.15, -0.1) is 0 Å². The fourth-order valence-corrected chi connectivity index (χ4v) is 6.72. The molecule has 0 spiro atoms. The second kappa shape index (κ2) is 13.5. The van der Waals surface area contributed by atoms with Gasteiger partial charge >= 0.3 is 0 Å². The number of phosphoric ester groups is 1. The van der Waals surface area contributed by atoms with Crippen molar-refractivity contribution in [1.29, 1.82) is 0 Å². The summed E-state index contributed by atoms with van der Waals surface area (Å²) in [5.41, 5.74) is 0.596. The van der Waals surface area contributed by atoms with Crippen molar-refractivity contribution in [2.75, 3.05) is 18.5 Å². The largest absolute Gasteiger partial charge is 0.756 e. The van der Waals surface area contributed by atoms with E-state index in [9.17, 15) is 38.6 Å². The Morgan fingerprint density at radius 2 is 1.69 bits per heavy atom. The molecule has 0 radical (unpaired) electrons. The molecule has 1 aliphatic rings. The highest BCUT2D eigenvalue weighted by atomic mass is 31.3. The number of phosphoric acid groups is 3. The van der Waals surface area contributed by atoms with Crippen LogP contribution in [0.2, 0.25) is 0 Å². The number of aliphatic hydroxyl groups excluding tert-OH is 2. The maximum absolute atomic E-state index is 11.8. The predicted octanol–water partition coefficient (Wildman–Crippen LogP) is -0.335. The molecule has 7 atom stereocenters. The van der Waals surface area contributed by atoms with Gasteiger partial charge in [0.05, 0.1) is 12.9 Å². The molecule has 3 rings (SSSR count). The molecule has 18 nitrogen and oxygen atoms in total. The van der Waals surface area contributed by atoms with E-state index in [-0.39, 0.29) is 5.65 Å². The van der Waals surface area contributed by atoms with Gasteiger partial charge < -0.3 is 44.4 Å². The van der Waals surface area contributed by atoms with Crippen molar-refractivity contribution in [2.24, 2.45) is 0 Å². The number of fused-ring (bicyclic) bond motifs is 1. The second-order valence-corrected chi connectivity index (χ2v) is 12.9. The SMILES string of the molecule is CCCCCCCCNc1ncnc2c1ncn2[C@@H]1O[C@H](COP(=O)([O-])OP(=O)([O-])OP(=O)([O-])O)C(O)[C@@H]1O. The molecule has 0 bridgehead atoms. The van der Waals surface area contributed by atoms with Crippen LogP contribution in [0.5, 0.6) is 0 Å². The van der Waals surface area contributed by atoms with E-state index in [0.29, 0.717) is 17.9 Å². The monoisotopic (exact) mass is 616 g/mol.